The minimum Gasteiger partial charge on any atom is -0.435 e. The fraction of sp³-hybridized carbons (Fsp3) is 0.380. The Morgan fingerprint density at radius 3 is 1.68 bits per heavy atom. The number of ether oxygens (including phenoxy) is 2. The second-order valence-corrected chi connectivity index (χ2v) is 19.9. The Morgan fingerprint density at radius 1 is 0.767 bits per heavy atom. The molecule has 4 aromatic carbocycles. The molecule has 23 heteroatoms. The molecule has 2 saturated heterocycles. The summed E-state index contributed by atoms with van der Waals surface area (Å²) in [6.07, 6.45) is 0. The number of rotatable bonds is 16. The molecular weight excluding hydrogens is 1090 g/mol. The monoisotopic (exact) mass is 1150 g/mol. The Balaban J connectivity index is 0.000000258. The van der Waals surface area contributed by atoms with Crippen LogP contribution in [0.5, 0.6) is 11.5 Å². The van der Waals surface area contributed by atoms with Gasteiger partial charge in [0.15, 0.2) is 21.2 Å². The molecule has 0 radical (unpaired) electrons. The lowest BCUT2D eigenvalue weighted by Crippen LogP contribution is -2.48. The number of aromatic nitrogens is 1. The highest BCUT2D eigenvalue weighted by atomic mass is 79.9. The quantitative estimate of drug-likeness (QED) is 0.0140. The van der Waals surface area contributed by atoms with E-state index in [1.54, 1.807) is 6.07 Å². The highest BCUT2D eigenvalue weighted by Gasteiger charge is 2.22. The Hall–Kier alpha value is -5.09. The van der Waals surface area contributed by atoms with E-state index < -0.39 is 19.0 Å². The Morgan fingerprint density at radius 2 is 1.23 bits per heavy atom. The summed E-state index contributed by atoms with van der Waals surface area (Å²) in [5.41, 5.74) is 16.5. The number of piperazine rings is 2. The van der Waals surface area contributed by atoms with Crippen LogP contribution >= 0.6 is 61.1 Å². The van der Waals surface area contributed by atoms with E-state index >= 15 is 0 Å². The van der Waals surface area contributed by atoms with Crippen molar-refractivity contribution in [1.29, 1.82) is 0 Å². The minimum atomic E-state index is -2.97. The predicted octanol–water partition coefficient (Wildman–Crippen LogP) is 10.7. The zero-order valence-corrected chi connectivity index (χ0v) is 46.9. The van der Waals surface area contributed by atoms with Gasteiger partial charge in [-0.1, -0.05) is 70.2 Å². The average molecular weight is 1150 g/mol. The number of thioether (sulfide) groups is 1. The number of thiazole rings is 1. The number of halogens is 5. The second kappa shape index (κ2) is 30.3. The third-order valence-electron chi connectivity index (χ3n) is 11.2. The number of amidine groups is 1. The lowest BCUT2D eigenvalue weighted by Gasteiger charge is -2.38. The smallest absolute Gasteiger partial charge is 0.387 e. The third-order valence-corrected chi connectivity index (χ3v) is 13.6. The van der Waals surface area contributed by atoms with Gasteiger partial charge < -0.3 is 41.4 Å². The molecular formula is C50H64BrF4N10O4PS3. The number of hydrogen-bond donors (Lipinski definition) is 4. The van der Waals surface area contributed by atoms with Gasteiger partial charge in [-0.3, -0.25) is 19.4 Å². The van der Waals surface area contributed by atoms with Crippen LogP contribution in [-0.4, -0.2) is 125 Å². The number of hydrogen-bond acceptors (Lipinski definition) is 14. The first-order chi connectivity index (χ1) is 34.4. The van der Waals surface area contributed by atoms with Crippen molar-refractivity contribution in [1.82, 2.24) is 14.8 Å². The topological polar surface area (TPSA) is 167 Å². The second-order valence-electron chi connectivity index (χ2n) is 16.7. The van der Waals surface area contributed by atoms with Crippen molar-refractivity contribution in [2.24, 2.45) is 10.7 Å². The van der Waals surface area contributed by atoms with Gasteiger partial charge in [0.25, 0.3) is 0 Å². The van der Waals surface area contributed by atoms with Crippen LogP contribution in [-0.2, 0) is 0 Å². The molecule has 0 saturated carbocycles. The van der Waals surface area contributed by atoms with E-state index in [4.69, 9.17) is 23.7 Å². The highest BCUT2D eigenvalue weighted by molar-refractivity contribution is 9.09. The number of Topliss-reactive ketones (excluding diaryl/α,β-unsaturated/α-hetero) is 1. The molecule has 5 aromatic rings. The van der Waals surface area contributed by atoms with Crippen LogP contribution in [0.15, 0.2) is 102 Å². The molecule has 0 aliphatic carbocycles. The molecule has 7 rings (SSSR count). The Kier molecular flexibility index (Phi) is 25.1. The van der Waals surface area contributed by atoms with Crippen molar-refractivity contribution in [3.8, 4) is 11.5 Å². The number of alkyl halides is 5. The summed E-state index contributed by atoms with van der Waals surface area (Å²) in [6, 6.07) is 28.9. The van der Waals surface area contributed by atoms with Crippen molar-refractivity contribution in [3.05, 3.63) is 113 Å². The maximum Gasteiger partial charge on any atom is 0.387 e. The van der Waals surface area contributed by atoms with Crippen LogP contribution in [0.3, 0.4) is 0 Å². The van der Waals surface area contributed by atoms with Crippen molar-refractivity contribution >= 4 is 117 Å². The molecule has 1 unspecified atom stereocenters. The molecule has 73 heavy (non-hydrogen) atoms. The summed E-state index contributed by atoms with van der Waals surface area (Å²) in [5, 5.41) is 7.81. The lowest BCUT2D eigenvalue weighted by molar-refractivity contribution is -0.0505. The van der Waals surface area contributed by atoms with E-state index in [2.05, 4.69) is 118 Å². The number of carbonyl (C=O) groups excluding carboxylic acids is 2. The number of benzene rings is 4. The van der Waals surface area contributed by atoms with Crippen LogP contribution in [0.25, 0.3) is 0 Å². The first-order valence-corrected chi connectivity index (χ1v) is 26.5. The number of nitrogens with zero attached hydrogens (tertiary/aromatic N) is 6. The molecule has 2 aliphatic heterocycles. The summed E-state index contributed by atoms with van der Waals surface area (Å²) in [6.45, 7) is 13.6. The molecule has 1 aromatic heterocycles. The number of nitrogen functional groups attached to an aromatic ring is 1. The number of nitrogens with one attached hydrogen (secondary N) is 2. The van der Waals surface area contributed by atoms with Gasteiger partial charge in [0.2, 0.25) is 5.78 Å². The zero-order chi connectivity index (χ0) is 52.3. The normalized spacial score (nSPS) is 14.2. The standard InChI is InChI=1S/C24H27F2N5O2S.C17H27N5S2.C9H7BrF2O2.H3P/c1-15(2)30-10-12-31(13-11-30)18-8-6-17(7-9-18)28-24-29-22(27)21(34-24)20(32)16-4-3-5-19(14-16)33-23(25)26;1-4-24-16(18)20-17(23)19-14-5-7-15(8-6-14)22-11-9-21(10-12-22)13(2)3;10-5-8(13)6-2-1-3-7(4-6)14-9(11)12;/h3-9,14-15,23H,10-13,27H2,1-2H3,(H,28,29);5-8,13H,4,9-12H2,1-3H3,(H3,18,19,20,23);1-4,9H,5H2;1H3. The molecule has 0 spiro atoms. The SMILES string of the molecule is CC(C)N1CCN(c2ccc(Nc3nc(N)c(C(=O)c4cccc(OC(F)F)c4)s3)cc2)CC1.CCSC(N)=NC(=S)Nc1ccc(N2CCN(C(C)C)CC2)cc1.O=C(CBr)c1cccc(OC(F)F)c1.P. The molecule has 2 fully saturated rings. The van der Waals surface area contributed by atoms with Crippen LogP contribution in [0.1, 0.15) is 60.2 Å². The molecule has 396 valence electrons. The first kappa shape index (κ1) is 60.5. The molecule has 3 heterocycles. The average Bonchev–Trinajstić information content (AvgIpc) is 3.73. The number of thiocarbonyl (C=S) groups is 1. The van der Waals surface area contributed by atoms with Crippen LogP contribution in [0, 0.1) is 0 Å². The first-order valence-electron chi connectivity index (χ1n) is 23.2. The summed E-state index contributed by atoms with van der Waals surface area (Å²) in [5.74, 6) is 0.289. The van der Waals surface area contributed by atoms with E-state index in [9.17, 15) is 27.2 Å². The van der Waals surface area contributed by atoms with Gasteiger partial charge in [-0.05, 0) is 118 Å². The highest BCUT2D eigenvalue weighted by Crippen LogP contribution is 2.32. The molecule has 6 N–H and O–H groups in total. The van der Waals surface area contributed by atoms with Crippen LogP contribution < -0.4 is 41.4 Å². The van der Waals surface area contributed by atoms with E-state index in [1.165, 1.54) is 59.9 Å². The third kappa shape index (κ3) is 19.6. The van der Waals surface area contributed by atoms with Gasteiger partial charge in [0.05, 0.1) is 5.33 Å². The summed E-state index contributed by atoms with van der Waals surface area (Å²) in [7, 11) is 0. The molecule has 0 amide bonds. The zero-order valence-electron chi connectivity index (χ0n) is 41.4. The van der Waals surface area contributed by atoms with Gasteiger partial charge in [-0.15, -0.1) is 0 Å². The minimum absolute atomic E-state index is 0. The lowest BCUT2D eigenvalue weighted by atomic mass is 10.1. The van der Waals surface area contributed by atoms with Gasteiger partial charge in [-0.2, -0.15) is 32.5 Å². The van der Waals surface area contributed by atoms with Crippen LogP contribution in [0.2, 0.25) is 0 Å². The summed E-state index contributed by atoms with van der Waals surface area (Å²) >= 11 is 10.8. The van der Waals surface area contributed by atoms with Crippen LogP contribution in [0.4, 0.5) is 51.3 Å². The molecule has 14 nitrogen and oxygen atoms in total. The van der Waals surface area contributed by atoms with Crippen molar-refractivity contribution < 1.29 is 36.6 Å². The molecule has 1 atom stereocenters. The van der Waals surface area contributed by atoms with Gasteiger partial charge in [0.1, 0.15) is 22.2 Å². The van der Waals surface area contributed by atoms with E-state index in [0.29, 0.717) is 33.1 Å². The van der Waals surface area contributed by atoms with E-state index in [1.807, 2.05) is 31.2 Å². The van der Waals surface area contributed by atoms with Crippen molar-refractivity contribution in [2.75, 3.05) is 89.6 Å². The van der Waals surface area contributed by atoms with Crippen molar-refractivity contribution in [3.63, 3.8) is 0 Å². The van der Waals surface area contributed by atoms with E-state index in [-0.39, 0.29) is 48.8 Å². The summed E-state index contributed by atoms with van der Waals surface area (Å²) in [4.78, 5) is 42.5. The fourth-order valence-corrected chi connectivity index (χ4v) is 9.39. The Bertz CT molecular complexity index is 2550. The fourth-order valence-electron chi connectivity index (χ4n) is 7.47. The number of ketones is 2. The maximum absolute atomic E-state index is 12.9. The number of nitrogens with two attached hydrogens (primary N) is 2. The number of aliphatic imine (C=N–C) groups is 1. The molecule has 0 bridgehead atoms. The Labute approximate surface area is 450 Å². The number of carbonyl (C=O) groups is 2. The van der Waals surface area contributed by atoms with Crippen molar-refractivity contribution in [2.45, 2.75) is 59.9 Å². The molecule has 2 aliphatic rings. The number of anilines is 6. The predicted molar refractivity (Wildman–Crippen MR) is 305 cm³/mol. The van der Waals surface area contributed by atoms with Gasteiger partial charge in [0, 0.05) is 98.3 Å². The maximum atomic E-state index is 12.9. The van der Waals surface area contributed by atoms with Gasteiger partial charge in [-0.25, -0.2) is 4.98 Å². The summed E-state index contributed by atoms with van der Waals surface area (Å²) < 4.78 is 57.1. The largest absolute Gasteiger partial charge is 0.435 e. The van der Waals surface area contributed by atoms with Gasteiger partial charge >= 0.3 is 13.2 Å². The van der Waals surface area contributed by atoms with E-state index in [0.717, 1.165) is 86.5 Å².